The highest BCUT2D eigenvalue weighted by molar-refractivity contribution is 5.89. The highest BCUT2D eigenvalue weighted by Crippen LogP contribution is 2.46. The molecule has 1 N–H and O–H groups in total. The number of nitrogens with zero attached hydrogens (tertiary/aromatic N) is 1. The van der Waals surface area contributed by atoms with E-state index < -0.39 is 23.5 Å². The molecule has 1 atom stereocenters. The lowest BCUT2D eigenvalue weighted by Gasteiger charge is -2.32. The number of ether oxygens (including phenoxy) is 1. The van der Waals surface area contributed by atoms with Gasteiger partial charge in [-0.05, 0) is 37.1 Å². The zero-order valence-electron chi connectivity index (χ0n) is 20.5. The van der Waals surface area contributed by atoms with Crippen LogP contribution in [0.3, 0.4) is 0 Å². The van der Waals surface area contributed by atoms with Crippen LogP contribution in [0.15, 0.2) is 36.4 Å². The number of hydrazine groups is 1. The first-order valence-electron chi connectivity index (χ1n) is 12.4. The van der Waals surface area contributed by atoms with Crippen molar-refractivity contribution in [2.45, 2.75) is 84.4 Å². The summed E-state index contributed by atoms with van der Waals surface area (Å²) in [5.41, 5.74) is 1.61. The van der Waals surface area contributed by atoms with Crippen LogP contribution in [-0.2, 0) is 4.79 Å². The standard InChI is InChI=1S/C27H37F3N2O2/c1-4-5-6-7-8-9-10-13-18-34-22-17-16-20-14-11-12-15-21(20)23(22)24(27(28,29)30)32-19-26(2,3)25(33)31-32/h11-12,14-17,24H,4-10,13,18-19H2,1-3H3,(H,31,33)/t24-/m0/s1. The lowest BCUT2D eigenvalue weighted by Crippen LogP contribution is -2.43. The largest absolute Gasteiger partial charge is 0.493 e. The second kappa shape index (κ2) is 11.4. The molecular formula is C27H37F3N2O2. The van der Waals surface area contributed by atoms with Crippen molar-refractivity contribution >= 4 is 16.7 Å². The van der Waals surface area contributed by atoms with E-state index in [1.807, 2.05) is 0 Å². The molecule has 1 fully saturated rings. The Morgan fingerprint density at radius 1 is 1.00 bits per heavy atom. The van der Waals surface area contributed by atoms with Crippen molar-refractivity contribution in [3.63, 3.8) is 0 Å². The van der Waals surface area contributed by atoms with Crippen molar-refractivity contribution in [3.05, 3.63) is 42.0 Å². The summed E-state index contributed by atoms with van der Waals surface area (Å²) in [6.45, 7) is 5.82. The topological polar surface area (TPSA) is 41.6 Å². The van der Waals surface area contributed by atoms with E-state index in [1.165, 1.54) is 32.1 Å². The van der Waals surface area contributed by atoms with E-state index >= 15 is 0 Å². The van der Waals surface area contributed by atoms with Crippen LogP contribution in [-0.4, -0.2) is 30.2 Å². The van der Waals surface area contributed by atoms with E-state index in [0.717, 1.165) is 24.3 Å². The van der Waals surface area contributed by atoms with Crippen LogP contribution in [0.5, 0.6) is 5.75 Å². The number of halogens is 3. The number of fused-ring (bicyclic) bond motifs is 1. The summed E-state index contributed by atoms with van der Waals surface area (Å²) in [6.07, 6.45) is 4.46. The van der Waals surface area contributed by atoms with E-state index in [4.69, 9.17) is 4.74 Å². The van der Waals surface area contributed by atoms with E-state index in [-0.39, 0.29) is 17.9 Å². The monoisotopic (exact) mass is 478 g/mol. The van der Waals surface area contributed by atoms with Gasteiger partial charge in [0.15, 0.2) is 6.04 Å². The quantitative estimate of drug-likeness (QED) is 0.325. The second-order valence-corrected chi connectivity index (χ2v) is 9.92. The lowest BCUT2D eigenvalue weighted by atomic mass is 9.92. The fourth-order valence-corrected chi connectivity index (χ4v) is 4.57. The van der Waals surface area contributed by atoms with Gasteiger partial charge < -0.3 is 4.74 Å². The number of amides is 1. The number of alkyl halides is 3. The van der Waals surface area contributed by atoms with Crippen LogP contribution in [0, 0.1) is 5.41 Å². The molecule has 3 rings (SSSR count). The van der Waals surface area contributed by atoms with Crippen molar-refractivity contribution in [2.24, 2.45) is 5.41 Å². The molecule has 188 valence electrons. The third-order valence-corrected chi connectivity index (χ3v) is 6.51. The molecule has 1 aliphatic heterocycles. The molecule has 2 aromatic carbocycles. The number of hydrogen-bond donors (Lipinski definition) is 1. The van der Waals surface area contributed by atoms with Crippen molar-refractivity contribution in [1.82, 2.24) is 10.4 Å². The summed E-state index contributed by atoms with van der Waals surface area (Å²) in [5.74, 6) is -0.189. The van der Waals surface area contributed by atoms with Gasteiger partial charge in [0.25, 0.3) is 0 Å². The predicted octanol–water partition coefficient (Wildman–Crippen LogP) is 7.34. The van der Waals surface area contributed by atoms with E-state index in [1.54, 1.807) is 50.2 Å². The lowest BCUT2D eigenvalue weighted by molar-refractivity contribution is -0.191. The summed E-state index contributed by atoms with van der Waals surface area (Å²) in [5, 5.41) is 2.21. The predicted molar refractivity (Wildman–Crippen MR) is 129 cm³/mol. The molecule has 0 unspecified atom stereocenters. The van der Waals surface area contributed by atoms with Gasteiger partial charge in [-0.1, -0.05) is 82.2 Å². The number of carbonyl (C=O) groups excluding carboxylic acids is 1. The first-order chi connectivity index (χ1) is 16.1. The Kier molecular flexibility index (Phi) is 8.85. The maximum atomic E-state index is 14.5. The molecule has 0 aromatic heterocycles. The summed E-state index contributed by atoms with van der Waals surface area (Å²) in [6, 6.07) is 8.44. The number of carbonyl (C=O) groups is 1. The minimum absolute atomic E-state index is 0.0449. The fourth-order valence-electron chi connectivity index (χ4n) is 4.57. The second-order valence-electron chi connectivity index (χ2n) is 9.92. The number of rotatable bonds is 12. The van der Waals surface area contributed by atoms with Crippen molar-refractivity contribution in [1.29, 1.82) is 0 Å². The molecule has 34 heavy (non-hydrogen) atoms. The zero-order chi connectivity index (χ0) is 24.8. The molecular weight excluding hydrogens is 441 g/mol. The molecule has 0 saturated carbocycles. The van der Waals surface area contributed by atoms with Gasteiger partial charge in [-0.15, -0.1) is 0 Å². The van der Waals surface area contributed by atoms with Gasteiger partial charge in [-0.25, -0.2) is 5.01 Å². The molecule has 0 aliphatic carbocycles. The molecule has 1 heterocycles. The highest BCUT2D eigenvalue weighted by atomic mass is 19.4. The maximum Gasteiger partial charge on any atom is 0.410 e. The SMILES string of the molecule is CCCCCCCCCCOc1ccc2ccccc2c1[C@H](N1CC(C)(C)C(=O)N1)C(F)(F)F. The first kappa shape index (κ1) is 26.3. The molecule has 1 aliphatic rings. The van der Waals surface area contributed by atoms with Crippen LogP contribution in [0.1, 0.15) is 83.7 Å². The van der Waals surface area contributed by atoms with Gasteiger partial charge >= 0.3 is 6.18 Å². The third-order valence-electron chi connectivity index (χ3n) is 6.51. The molecule has 0 radical (unpaired) electrons. The summed E-state index contributed by atoms with van der Waals surface area (Å²) in [7, 11) is 0. The zero-order valence-corrected chi connectivity index (χ0v) is 20.5. The van der Waals surface area contributed by atoms with E-state index in [2.05, 4.69) is 12.3 Å². The Hall–Kier alpha value is -2.28. The average Bonchev–Trinajstić information content (AvgIpc) is 3.04. The van der Waals surface area contributed by atoms with Crippen LogP contribution in [0.25, 0.3) is 10.8 Å². The number of hydrogen-bond acceptors (Lipinski definition) is 3. The summed E-state index contributed by atoms with van der Waals surface area (Å²) >= 11 is 0. The van der Waals surface area contributed by atoms with Gasteiger partial charge in [0, 0.05) is 12.1 Å². The van der Waals surface area contributed by atoms with Crippen molar-refractivity contribution < 1.29 is 22.7 Å². The molecule has 4 nitrogen and oxygen atoms in total. The molecule has 7 heteroatoms. The van der Waals surface area contributed by atoms with Crippen LogP contribution >= 0.6 is 0 Å². The molecule has 2 aromatic rings. The van der Waals surface area contributed by atoms with E-state index in [9.17, 15) is 18.0 Å². The molecule has 0 bridgehead atoms. The minimum atomic E-state index is -4.60. The first-order valence-corrected chi connectivity index (χ1v) is 12.4. The fraction of sp³-hybridized carbons (Fsp3) is 0.593. The molecule has 0 spiro atoms. The van der Waals surface area contributed by atoms with Crippen molar-refractivity contribution in [3.8, 4) is 5.75 Å². The van der Waals surface area contributed by atoms with E-state index in [0.29, 0.717) is 17.4 Å². The van der Waals surface area contributed by atoms with Gasteiger partial charge in [0.05, 0.1) is 12.0 Å². The number of unbranched alkanes of at least 4 members (excludes halogenated alkanes) is 7. The third kappa shape index (κ3) is 6.44. The number of benzene rings is 2. The van der Waals surface area contributed by atoms with Gasteiger partial charge in [0.2, 0.25) is 5.91 Å². The van der Waals surface area contributed by atoms with Crippen molar-refractivity contribution in [2.75, 3.05) is 13.2 Å². The molecule has 1 saturated heterocycles. The average molecular weight is 479 g/mol. The summed E-state index contributed by atoms with van der Waals surface area (Å²) < 4.78 is 49.5. The minimum Gasteiger partial charge on any atom is -0.493 e. The van der Waals surface area contributed by atoms with Crippen LogP contribution in [0.2, 0.25) is 0 Å². The Morgan fingerprint density at radius 2 is 1.65 bits per heavy atom. The van der Waals surface area contributed by atoms with Gasteiger partial charge in [0.1, 0.15) is 5.75 Å². The smallest absolute Gasteiger partial charge is 0.410 e. The Balaban J connectivity index is 1.80. The Morgan fingerprint density at radius 3 is 2.26 bits per heavy atom. The van der Waals surface area contributed by atoms with Crippen LogP contribution in [0.4, 0.5) is 13.2 Å². The number of nitrogens with one attached hydrogen (secondary N) is 1. The highest BCUT2D eigenvalue weighted by Gasteiger charge is 2.52. The summed E-state index contributed by atoms with van der Waals surface area (Å²) in [4.78, 5) is 12.3. The van der Waals surface area contributed by atoms with Crippen LogP contribution < -0.4 is 10.2 Å². The van der Waals surface area contributed by atoms with Gasteiger partial charge in [-0.3, -0.25) is 10.2 Å². The maximum absolute atomic E-state index is 14.5. The Bertz CT molecular complexity index is 959. The molecule has 1 amide bonds. The van der Waals surface area contributed by atoms with Gasteiger partial charge in [-0.2, -0.15) is 13.2 Å². The normalized spacial score (nSPS) is 17.2. The Labute approximate surface area is 200 Å².